The number of carbonyl (C=O) groups excluding carboxylic acids is 2. The second kappa shape index (κ2) is 12.7. The first-order valence-corrected chi connectivity index (χ1v) is 15.3. The van der Waals surface area contributed by atoms with E-state index < -0.39 is 0 Å². The second-order valence-corrected chi connectivity index (χ2v) is 11.6. The molecule has 9 nitrogen and oxygen atoms in total. The van der Waals surface area contributed by atoms with Crippen LogP contribution in [0.3, 0.4) is 0 Å². The van der Waals surface area contributed by atoms with Crippen molar-refractivity contribution in [2.24, 2.45) is 0 Å². The Balaban J connectivity index is 1.60. The predicted octanol–water partition coefficient (Wildman–Crippen LogP) is 5.24. The summed E-state index contributed by atoms with van der Waals surface area (Å²) >= 11 is 7.77. The first-order chi connectivity index (χ1) is 21.0. The highest BCUT2D eigenvalue weighted by molar-refractivity contribution is 8.00. The number of morpholine rings is 1. The van der Waals surface area contributed by atoms with Gasteiger partial charge in [-0.05, 0) is 42.5 Å². The zero-order valence-corrected chi connectivity index (χ0v) is 25.4. The van der Waals surface area contributed by atoms with Gasteiger partial charge in [0.15, 0.2) is 0 Å². The summed E-state index contributed by atoms with van der Waals surface area (Å²) in [6.45, 7) is 1.80. The molecule has 0 radical (unpaired) electrons. The Morgan fingerprint density at radius 3 is 2.42 bits per heavy atom. The molecule has 1 saturated heterocycles. The number of benzene rings is 3. The van der Waals surface area contributed by atoms with E-state index in [0.717, 1.165) is 22.4 Å². The number of ether oxygens (including phenoxy) is 3. The zero-order valence-electron chi connectivity index (χ0n) is 23.9. The van der Waals surface area contributed by atoms with Gasteiger partial charge < -0.3 is 19.1 Å². The van der Waals surface area contributed by atoms with E-state index in [9.17, 15) is 9.59 Å². The maximum absolute atomic E-state index is 14.0. The number of carbonyl (C=O) groups is 2. The van der Waals surface area contributed by atoms with E-state index in [1.807, 2.05) is 72.8 Å². The van der Waals surface area contributed by atoms with Crippen LogP contribution in [0.1, 0.15) is 16.4 Å². The largest absolute Gasteiger partial charge is 0.497 e. The number of halogens is 1. The third-order valence-electron chi connectivity index (χ3n) is 7.60. The Hall–Kier alpha value is -3.99. The topological polar surface area (TPSA) is 86.1 Å². The fraction of sp³-hybridized carbons (Fsp3) is 0.281. The highest BCUT2D eigenvalue weighted by Gasteiger charge is 2.39. The first-order valence-electron chi connectivity index (χ1n) is 13.9. The molecular weight excluding hydrogens is 588 g/mol. The monoisotopic (exact) mass is 618 g/mol. The number of hydrogen-bond donors (Lipinski definition) is 0. The molecule has 0 saturated carbocycles. The Kier molecular flexibility index (Phi) is 8.60. The molecule has 2 amide bonds. The van der Waals surface area contributed by atoms with E-state index in [4.69, 9.17) is 30.9 Å². The number of rotatable bonds is 7. The molecule has 6 rings (SSSR count). The van der Waals surface area contributed by atoms with E-state index in [-0.39, 0.29) is 29.4 Å². The number of para-hydroxylation sites is 1. The van der Waals surface area contributed by atoms with Gasteiger partial charge in [0.1, 0.15) is 23.9 Å². The number of fused-ring (bicyclic) bond motifs is 1. The fourth-order valence-electron chi connectivity index (χ4n) is 5.42. The summed E-state index contributed by atoms with van der Waals surface area (Å²) in [5, 5.41) is 5.42. The molecule has 43 heavy (non-hydrogen) atoms. The van der Waals surface area contributed by atoms with Crippen LogP contribution in [0.4, 0.5) is 5.82 Å². The van der Waals surface area contributed by atoms with E-state index in [0.29, 0.717) is 54.3 Å². The van der Waals surface area contributed by atoms with Crippen LogP contribution >= 0.6 is 23.4 Å². The molecule has 0 bridgehead atoms. The number of methoxy groups -OCH3 is 2. The number of anilines is 1. The molecule has 3 heterocycles. The molecule has 1 fully saturated rings. The molecule has 11 heteroatoms. The van der Waals surface area contributed by atoms with E-state index in [1.54, 1.807) is 28.7 Å². The standard InChI is InChI=1S/C32H31ClN4O5S/c1-40-24-13-11-23(12-14-24)37-32-29(30(34-37)21-7-9-22(33)10-8-21)31(25-5-3-4-6-26(25)41-2)43-20-28(39)36(32)19-27(38)35-15-17-42-18-16-35/h3-14,31H,15-20H2,1-2H3/t31-/m0/s1. The minimum absolute atomic E-state index is 0.118. The minimum atomic E-state index is -0.323. The third-order valence-corrected chi connectivity index (χ3v) is 9.09. The van der Waals surface area contributed by atoms with Crippen LogP contribution in [0.5, 0.6) is 11.5 Å². The van der Waals surface area contributed by atoms with Crippen LogP contribution in [0.15, 0.2) is 72.8 Å². The number of nitrogens with zero attached hydrogens (tertiary/aromatic N) is 4. The Labute approximate surface area is 259 Å². The molecule has 0 N–H and O–H groups in total. The van der Waals surface area contributed by atoms with Crippen molar-refractivity contribution in [3.8, 4) is 28.4 Å². The second-order valence-electron chi connectivity index (χ2n) is 10.1. The first kappa shape index (κ1) is 29.1. The van der Waals surface area contributed by atoms with Crippen molar-refractivity contribution in [1.29, 1.82) is 0 Å². The molecule has 2 aliphatic heterocycles. The number of amides is 2. The van der Waals surface area contributed by atoms with Gasteiger partial charge in [-0.1, -0.05) is 41.9 Å². The van der Waals surface area contributed by atoms with Crippen molar-refractivity contribution >= 4 is 41.0 Å². The third kappa shape index (κ3) is 5.82. The van der Waals surface area contributed by atoms with Gasteiger partial charge in [-0.25, -0.2) is 4.68 Å². The van der Waals surface area contributed by atoms with Crippen LogP contribution in [0.25, 0.3) is 16.9 Å². The Bertz CT molecular complexity index is 1620. The van der Waals surface area contributed by atoms with Crippen LogP contribution in [-0.4, -0.2) is 79.3 Å². The summed E-state index contributed by atoms with van der Waals surface area (Å²) in [5.74, 6) is 1.79. The van der Waals surface area contributed by atoms with Crippen LogP contribution in [-0.2, 0) is 14.3 Å². The molecule has 2 aliphatic rings. The predicted molar refractivity (Wildman–Crippen MR) is 168 cm³/mol. The zero-order chi connectivity index (χ0) is 29.9. The van der Waals surface area contributed by atoms with Crippen molar-refractivity contribution in [3.63, 3.8) is 0 Å². The normalized spacial score (nSPS) is 16.9. The van der Waals surface area contributed by atoms with Crippen molar-refractivity contribution < 1.29 is 23.8 Å². The SMILES string of the molecule is COc1ccc(-n2nc(-c3ccc(Cl)cc3)c3c2N(CC(=O)N2CCOCC2)C(=O)CS[C@H]3c2ccccc2OC)cc1. The summed E-state index contributed by atoms with van der Waals surface area (Å²) in [6, 6.07) is 22.8. The lowest BCUT2D eigenvalue weighted by molar-refractivity contribution is -0.134. The Morgan fingerprint density at radius 1 is 1.00 bits per heavy atom. The van der Waals surface area contributed by atoms with Gasteiger partial charge in [0.2, 0.25) is 11.8 Å². The molecule has 3 aromatic carbocycles. The van der Waals surface area contributed by atoms with Gasteiger partial charge in [-0.3, -0.25) is 14.5 Å². The minimum Gasteiger partial charge on any atom is -0.497 e. The summed E-state index contributed by atoms with van der Waals surface area (Å²) < 4.78 is 18.4. The average Bonchev–Trinajstić information content (AvgIpc) is 3.38. The van der Waals surface area contributed by atoms with Crippen LogP contribution in [0, 0.1) is 0 Å². The van der Waals surface area contributed by atoms with Gasteiger partial charge in [0.25, 0.3) is 0 Å². The summed E-state index contributed by atoms with van der Waals surface area (Å²) in [5.41, 5.74) is 3.97. The molecule has 0 unspecified atom stereocenters. The van der Waals surface area contributed by atoms with Gasteiger partial charge in [-0.2, -0.15) is 5.10 Å². The molecule has 222 valence electrons. The van der Waals surface area contributed by atoms with Crippen LogP contribution < -0.4 is 14.4 Å². The summed E-state index contributed by atoms with van der Waals surface area (Å²) in [6.07, 6.45) is 0. The van der Waals surface area contributed by atoms with Crippen molar-refractivity contribution in [2.45, 2.75) is 5.25 Å². The smallest absolute Gasteiger partial charge is 0.242 e. The lowest BCUT2D eigenvalue weighted by atomic mass is 9.99. The van der Waals surface area contributed by atoms with Gasteiger partial charge >= 0.3 is 0 Å². The Morgan fingerprint density at radius 2 is 1.72 bits per heavy atom. The lowest BCUT2D eigenvalue weighted by Crippen LogP contribution is -2.48. The summed E-state index contributed by atoms with van der Waals surface area (Å²) in [7, 11) is 3.25. The molecule has 4 aromatic rings. The summed E-state index contributed by atoms with van der Waals surface area (Å²) in [4.78, 5) is 31.0. The van der Waals surface area contributed by atoms with Gasteiger partial charge in [-0.15, -0.1) is 11.8 Å². The molecule has 1 aromatic heterocycles. The maximum atomic E-state index is 14.0. The van der Waals surface area contributed by atoms with E-state index >= 15 is 0 Å². The van der Waals surface area contributed by atoms with Crippen molar-refractivity contribution in [2.75, 3.05) is 57.7 Å². The highest BCUT2D eigenvalue weighted by atomic mass is 35.5. The molecule has 1 atom stereocenters. The highest BCUT2D eigenvalue weighted by Crippen LogP contribution is 2.50. The van der Waals surface area contributed by atoms with E-state index in [2.05, 4.69) is 0 Å². The number of hydrogen-bond acceptors (Lipinski definition) is 7. The van der Waals surface area contributed by atoms with Gasteiger partial charge in [0, 0.05) is 34.8 Å². The molecule has 0 spiro atoms. The maximum Gasteiger partial charge on any atom is 0.242 e. The van der Waals surface area contributed by atoms with Gasteiger partial charge in [0.05, 0.1) is 49.8 Å². The lowest BCUT2D eigenvalue weighted by Gasteiger charge is -2.30. The average molecular weight is 619 g/mol. The quantitative estimate of drug-likeness (QED) is 0.280. The molecular formula is C32H31ClN4O5S. The van der Waals surface area contributed by atoms with Crippen LogP contribution in [0.2, 0.25) is 5.02 Å². The van der Waals surface area contributed by atoms with Crippen molar-refractivity contribution in [3.05, 3.63) is 88.9 Å². The number of aromatic nitrogens is 2. The number of thioether (sulfide) groups is 1. The fourth-order valence-corrected chi connectivity index (χ4v) is 6.77. The van der Waals surface area contributed by atoms with E-state index in [1.165, 1.54) is 11.8 Å². The molecule has 0 aliphatic carbocycles. The van der Waals surface area contributed by atoms with Crippen molar-refractivity contribution in [1.82, 2.24) is 14.7 Å².